The molecule has 2 unspecified atom stereocenters. The molecule has 32 heavy (non-hydrogen) atoms. The van der Waals surface area contributed by atoms with Gasteiger partial charge < -0.3 is 24.1 Å². The third kappa shape index (κ3) is 5.16. The Kier molecular flexibility index (Phi) is 6.30. The molecule has 9 heteroatoms. The zero-order valence-corrected chi connectivity index (χ0v) is 17.1. The van der Waals surface area contributed by atoms with Crippen LogP contribution in [0.2, 0.25) is 0 Å². The average Bonchev–Trinajstić information content (AvgIpc) is 3.67. The number of epoxide rings is 2. The maximum Gasteiger partial charge on any atom is 0.402 e. The molecule has 0 amide bonds. The fourth-order valence-electron chi connectivity index (χ4n) is 3.60. The lowest BCUT2D eigenvalue weighted by Crippen LogP contribution is -2.44. The van der Waals surface area contributed by atoms with Crippen LogP contribution in [-0.2, 0) is 19.7 Å². The molecule has 2 atom stereocenters. The fraction of sp³-hybridized carbons (Fsp3) is 0.435. The Morgan fingerprint density at radius 2 is 1.28 bits per heavy atom. The Morgan fingerprint density at radius 3 is 1.59 bits per heavy atom. The van der Waals surface area contributed by atoms with E-state index in [1.807, 2.05) is 0 Å². The number of carboxylic acid groups (broad SMARTS) is 1. The van der Waals surface area contributed by atoms with Crippen molar-refractivity contribution in [1.29, 1.82) is 0 Å². The quantitative estimate of drug-likeness (QED) is 0.520. The molecular formula is C23H23F3O6. The van der Waals surface area contributed by atoms with Crippen molar-refractivity contribution in [3.05, 3.63) is 59.7 Å². The molecule has 4 rings (SSSR count). The largest absolute Gasteiger partial charge is 0.491 e. The summed E-state index contributed by atoms with van der Waals surface area (Å²) in [5.74, 6) is -0.457. The average molecular weight is 452 g/mol. The first kappa shape index (κ1) is 22.4. The molecule has 0 radical (unpaired) electrons. The summed E-state index contributed by atoms with van der Waals surface area (Å²) in [6, 6.07) is 11.2. The van der Waals surface area contributed by atoms with Crippen LogP contribution in [0.5, 0.6) is 11.5 Å². The zero-order valence-electron chi connectivity index (χ0n) is 17.1. The van der Waals surface area contributed by atoms with Crippen molar-refractivity contribution in [2.75, 3.05) is 26.4 Å². The molecule has 2 fully saturated rings. The summed E-state index contributed by atoms with van der Waals surface area (Å²) in [4.78, 5) is 11.2. The maximum atomic E-state index is 14.6. The van der Waals surface area contributed by atoms with E-state index in [0.717, 1.165) is 0 Å². The van der Waals surface area contributed by atoms with Gasteiger partial charge in [0.05, 0.1) is 13.2 Å². The maximum absolute atomic E-state index is 14.6. The van der Waals surface area contributed by atoms with Crippen molar-refractivity contribution in [3.8, 4) is 11.5 Å². The minimum atomic E-state index is -4.74. The molecule has 0 saturated carbocycles. The van der Waals surface area contributed by atoms with E-state index in [4.69, 9.17) is 24.1 Å². The molecule has 1 N–H and O–H groups in total. The summed E-state index contributed by atoms with van der Waals surface area (Å²) in [6.45, 7) is 1.88. The van der Waals surface area contributed by atoms with Crippen LogP contribution in [0, 0.1) is 0 Å². The van der Waals surface area contributed by atoms with Gasteiger partial charge in [-0.1, -0.05) is 24.3 Å². The topological polar surface area (TPSA) is 80.8 Å². The van der Waals surface area contributed by atoms with E-state index in [2.05, 4.69) is 0 Å². The lowest BCUT2D eigenvalue weighted by Gasteiger charge is -2.37. The van der Waals surface area contributed by atoms with Crippen LogP contribution in [0.25, 0.3) is 0 Å². The first-order valence-electron chi connectivity index (χ1n) is 10.3. The number of aliphatic carboxylic acids is 1. The van der Waals surface area contributed by atoms with E-state index >= 15 is 0 Å². The summed E-state index contributed by atoms with van der Waals surface area (Å²) >= 11 is 0. The molecule has 172 valence electrons. The second kappa shape index (κ2) is 8.99. The molecule has 0 bridgehead atoms. The summed E-state index contributed by atoms with van der Waals surface area (Å²) in [5.41, 5.74) is -2.61. The molecule has 2 saturated heterocycles. The Morgan fingerprint density at radius 1 is 0.875 bits per heavy atom. The van der Waals surface area contributed by atoms with E-state index < -0.39 is 30.4 Å². The van der Waals surface area contributed by atoms with E-state index in [-0.39, 0.29) is 23.3 Å². The van der Waals surface area contributed by atoms with Crippen molar-refractivity contribution in [3.63, 3.8) is 0 Å². The lowest BCUT2D eigenvalue weighted by atomic mass is 9.70. The third-order valence-electron chi connectivity index (χ3n) is 5.57. The number of hydrogen-bond donors (Lipinski definition) is 1. The molecule has 2 aromatic carbocycles. The summed E-state index contributed by atoms with van der Waals surface area (Å²) in [7, 11) is 0. The van der Waals surface area contributed by atoms with Gasteiger partial charge >= 0.3 is 12.1 Å². The molecule has 0 aromatic heterocycles. The minimum absolute atomic E-state index is 0.0201. The number of alkyl halides is 3. The van der Waals surface area contributed by atoms with E-state index in [0.29, 0.717) is 37.9 Å². The Labute approximate surface area is 182 Å². The van der Waals surface area contributed by atoms with Crippen molar-refractivity contribution >= 4 is 5.97 Å². The molecule has 0 aliphatic carbocycles. The van der Waals surface area contributed by atoms with Crippen molar-refractivity contribution in [2.24, 2.45) is 0 Å². The number of rotatable bonds is 11. The highest BCUT2D eigenvalue weighted by molar-refractivity contribution is 5.67. The van der Waals surface area contributed by atoms with Gasteiger partial charge in [-0.05, 0) is 41.8 Å². The highest BCUT2D eigenvalue weighted by atomic mass is 19.4. The number of hydrogen-bond acceptors (Lipinski definition) is 5. The van der Waals surface area contributed by atoms with Gasteiger partial charge in [-0.15, -0.1) is 0 Å². The van der Waals surface area contributed by atoms with E-state index in [1.165, 1.54) is 48.5 Å². The standard InChI is InChI=1S/C23H23F3O6/c24-23(25,26)22(10-9-21(27)28,15-1-5-17(6-2-15)29-11-19-13-31-19)16-3-7-18(8-4-16)30-12-20-14-32-20/h1-8,19-20H,9-14H2,(H,27,28). The number of benzene rings is 2. The zero-order chi connectivity index (χ0) is 22.8. The first-order chi connectivity index (χ1) is 15.3. The second-order valence-electron chi connectivity index (χ2n) is 7.88. The summed E-state index contributed by atoms with van der Waals surface area (Å²) in [6.07, 6.45) is -5.98. The molecule has 2 aromatic rings. The molecule has 2 aliphatic rings. The van der Waals surface area contributed by atoms with Crippen molar-refractivity contribution in [1.82, 2.24) is 0 Å². The van der Waals surface area contributed by atoms with Gasteiger partial charge in [0.1, 0.15) is 42.3 Å². The predicted octanol–water partition coefficient (Wildman–Crippen LogP) is 3.96. The third-order valence-corrected chi connectivity index (χ3v) is 5.57. The number of carbonyl (C=O) groups is 1. The van der Waals surface area contributed by atoms with Crippen LogP contribution in [0.1, 0.15) is 24.0 Å². The van der Waals surface area contributed by atoms with Crippen LogP contribution in [0.3, 0.4) is 0 Å². The van der Waals surface area contributed by atoms with Crippen molar-refractivity contribution in [2.45, 2.75) is 36.6 Å². The highest BCUT2D eigenvalue weighted by Gasteiger charge is 2.56. The SMILES string of the molecule is O=C(O)CCC(c1ccc(OCC2CO2)cc1)(c1ccc(OCC2CO2)cc1)C(F)(F)F. The molecule has 2 aliphatic heterocycles. The Bertz CT molecular complexity index is 859. The van der Waals surface area contributed by atoms with E-state index in [9.17, 15) is 18.0 Å². The fourth-order valence-corrected chi connectivity index (χ4v) is 3.60. The van der Waals surface area contributed by atoms with Crippen LogP contribution in [0.15, 0.2) is 48.5 Å². The van der Waals surface area contributed by atoms with Gasteiger partial charge in [0.2, 0.25) is 0 Å². The molecule has 2 heterocycles. The molecular weight excluding hydrogens is 429 g/mol. The molecule has 6 nitrogen and oxygen atoms in total. The van der Waals surface area contributed by atoms with Crippen molar-refractivity contribution < 1.29 is 42.0 Å². The first-order valence-corrected chi connectivity index (χ1v) is 10.3. The number of halogens is 3. The van der Waals surface area contributed by atoms with Gasteiger partial charge in [0.15, 0.2) is 0 Å². The van der Waals surface area contributed by atoms with Crippen LogP contribution in [0.4, 0.5) is 13.2 Å². The van der Waals surface area contributed by atoms with Gasteiger partial charge in [-0.25, -0.2) is 0 Å². The van der Waals surface area contributed by atoms with Gasteiger partial charge in [-0.2, -0.15) is 13.2 Å². The van der Waals surface area contributed by atoms with Gasteiger partial charge in [0.25, 0.3) is 0 Å². The van der Waals surface area contributed by atoms with Crippen LogP contribution in [-0.4, -0.2) is 55.9 Å². The normalized spacial score (nSPS) is 21.5. The molecule has 0 spiro atoms. The number of ether oxygens (including phenoxy) is 4. The van der Waals surface area contributed by atoms with Gasteiger partial charge in [0, 0.05) is 6.42 Å². The Balaban J connectivity index is 1.65. The Hall–Kier alpha value is -2.78. The summed E-state index contributed by atoms with van der Waals surface area (Å²) < 4.78 is 65.1. The number of carboxylic acids is 1. The smallest absolute Gasteiger partial charge is 0.402 e. The van der Waals surface area contributed by atoms with Gasteiger partial charge in [-0.3, -0.25) is 4.79 Å². The minimum Gasteiger partial charge on any atom is -0.491 e. The highest BCUT2D eigenvalue weighted by Crippen LogP contribution is 2.50. The second-order valence-corrected chi connectivity index (χ2v) is 7.88. The summed E-state index contributed by atoms with van der Waals surface area (Å²) in [5, 5.41) is 9.15. The van der Waals surface area contributed by atoms with Crippen LogP contribution < -0.4 is 9.47 Å². The monoisotopic (exact) mass is 452 g/mol. The lowest BCUT2D eigenvalue weighted by molar-refractivity contribution is -0.181. The van der Waals surface area contributed by atoms with E-state index in [1.54, 1.807) is 0 Å². The predicted molar refractivity (Wildman–Crippen MR) is 107 cm³/mol. The van der Waals surface area contributed by atoms with Crippen LogP contribution >= 0.6 is 0 Å².